The molecule has 0 atom stereocenters. The van der Waals surface area contributed by atoms with Crippen molar-refractivity contribution in [1.82, 2.24) is 4.98 Å². The van der Waals surface area contributed by atoms with Gasteiger partial charge in [-0.15, -0.1) is 11.3 Å². The molecule has 1 aromatic rings. The Hall–Kier alpha value is -0.920. The van der Waals surface area contributed by atoms with Crippen LogP contribution in [-0.2, 0) is 23.2 Å². The standard InChI is InChI=1S/C11H16N2OS/c1-11(2,3)10-8(5-6-12)15-9(13-10)7-14-4/h5,7H2,1-4H3. The van der Waals surface area contributed by atoms with E-state index in [1.165, 1.54) is 0 Å². The fourth-order valence-corrected chi connectivity index (χ4v) is 2.55. The summed E-state index contributed by atoms with van der Waals surface area (Å²) in [5, 5.41) is 9.70. The van der Waals surface area contributed by atoms with Crippen LogP contribution < -0.4 is 0 Å². The average molecular weight is 224 g/mol. The van der Waals surface area contributed by atoms with Crippen LogP contribution in [0.2, 0.25) is 0 Å². The molecule has 82 valence electrons. The van der Waals surface area contributed by atoms with Gasteiger partial charge in [-0.3, -0.25) is 0 Å². The molecule has 0 spiro atoms. The summed E-state index contributed by atoms with van der Waals surface area (Å²) in [6, 6.07) is 2.18. The van der Waals surface area contributed by atoms with Crippen molar-refractivity contribution in [2.45, 2.75) is 39.2 Å². The van der Waals surface area contributed by atoms with Crippen LogP contribution in [0.15, 0.2) is 0 Å². The van der Waals surface area contributed by atoms with Gasteiger partial charge in [-0.1, -0.05) is 20.8 Å². The van der Waals surface area contributed by atoms with Gasteiger partial charge in [0, 0.05) is 17.4 Å². The summed E-state index contributed by atoms with van der Waals surface area (Å²) in [6.45, 7) is 6.86. The van der Waals surface area contributed by atoms with Gasteiger partial charge < -0.3 is 4.74 Å². The minimum Gasteiger partial charge on any atom is -0.378 e. The van der Waals surface area contributed by atoms with Crippen LogP contribution in [0, 0.1) is 11.3 Å². The molecule has 0 bridgehead atoms. The summed E-state index contributed by atoms with van der Waals surface area (Å²) in [5.41, 5.74) is 1.02. The molecule has 15 heavy (non-hydrogen) atoms. The highest BCUT2D eigenvalue weighted by Crippen LogP contribution is 2.30. The lowest BCUT2D eigenvalue weighted by Crippen LogP contribution is -2.14. The molecule has 0 aliphatic carbocycles. The molecule has 1 rings (SSSR count). The van der Waals surface area contributed by atoms with Gasteiger partial charge in [0.05, 0.1) is 24.8 Å². The fourth-order valence-electron chi connectivity index (χ4n) is 1.36. The minimum absolute atomic E-state index is 0.00528. The first-order valence-electron chi connectivity index (χ1n) is 4.84. The molecule has 0 unspecified atom stereocenters. The van der Waals surface area contributed by atoms with E-state index in [1.54, 1.807) is 18.4 Å². The maximum Gasteiger partial charge on any atom is 0.119 e. The van der Waals surface area contributed by atoms with Crippen LogP contribution in [0.1, 0.15) is 36.3 Å². The van der Waals surface area contributed by atoms with Crippen LogP contribution in [0.3, 0.4) is 0 Å². The maximum atomic E-state index is 8.75. The number of hydrogen-bond donors (Lipinski definition) is 0. The summed E-state index contributed by atoms with van der Waals surface area (Å²) in [4.78, 5) is 5.60. The van der Waals surface area contributed by atoms with Gasteiger partial charge in [-0.2, -0.15) is 5.26 Å². The summed E-state index contributed by atoms with van der Waals surface area (Å²) in [6.07, 6.45) is 0.438. The molecule has 3 nitrogen and oxygen atoms in total. The second-order valence-electron chi connectivity index (χ2n) is 4.40. The van der Waals surface area contributed by atoms with E-state index in [0.29, 0.717) is 13.0 Å². The first-order chi connectivity index (χ1) is 6.99. The van der Waals surface area contributed by atoms with Crippen LogP contribution in [-0.4, -0.2) is 12.1 Å². The smallest absolute Gasteiger partial charge is 0.119 e. The zero-order valence-corrected chi connectivity index (χ0v) is 10.4. The van der Waals surface area contributed by atoms with Crippen molar-refractivity contribution in [3.8, 4) is 6.07 Å². The number of rotatable bonds is 3. The molecular formula is C11H16N2OS. The molecular weight excluding hydrogens is 208 g/mol. The Morgan fingerprint density at radius 1 is 1.47 bits per heavy atom. The highest BCUT2D eigenvalue weighted by Gasteiger charge is 2.22. The molecule has 1 aromatic heterocycles. The van der Waals surface area contributed by atoms with Crippen LogP contribution in [0.4, 0.5) is 0 Å². The van der Waals surface area contributed by atoms with Crippen molar-refractivity contribution in [3.63, 3.8) is 0 Å². The number of hydrogen-bond acceptors (Lipinski definition) is 4. The number of nitriles is 1. The number of nitrogens with zero attached hydrogens (tertiary/aromatic N) is 2. The normalized spacial score (nSPS) is 11.4. The van der Waals surface area contributed by atoms with E-state index in [0.717, 1.165) is 15.6 Å². The first-order valence-corrected chi connectivity index (χ1v) is 5.65. The van der Waals surface area contributed by atoms with E-state index in [9.17, 15) is 0 Å². The SMILES string of the molecule is COCc1nc(C(C)(C)C)c(CC#N)s1. The average Bonchev–Trinajstić information content (AvgIpc) is 2.49. The Morgan fingerprint density at radius 3 is 2.60 bits per heavy atom. The molecule has 1 heterocycles. The Labute approximate surface area is 94.7 Å². The van der Waals surface area contributed by atoms with Crippen molar-refractivity contribution < 1.29 is 4.74 Å². The lowest BCUT2D eigenvalue weighted by atomic mass is 9.91. The molecule has 0 saturated heterocycles. The van der Waals surface area contributed by atoms with Gasteiger partial charge in [0.25, 0.3) is 0 Å². The summed E-state index contributed by atoms with van der Waals surface area (Å²) < 4.78 is 5.05. The molecule has 0 saturated carbocycles. The number of methoxy groups -OCH3 is 1. The molecule has 0 aliphatic rings. The lowest BCUT2D eigenvalue weighted by molar-refractivity contribution is 0.184. The summed E-state index contributed by atoms with van der Waals surface area (Å²) in [7, 11) is 1.65. The number of ether oxygens (including phenoxy) is 1. The Kier molecular flexibility index (Phi) is 3.83. The molecule has 0 aromatic carbocycles. The zero-order chi connectivity index (χ0) is 11.5. The third-order valence-electron chi connectivity index (χ3n) is 1.96. The predicted molar refractivity (Wildman–Crippen MR) is 60.8 cm³/mol. The maximum absolute atomic E-state index is 8.75. The van der Waals surface area contributed by atoms with E-state index >= 15 is 0 Å². The number of thiazole rings is 1. The second-order valence-corrected chi connectivity index (χ2v) is 5.57. The van der Waals surface area contributed by atoms with E-state index in [2.05, 4.69) is 31.8 Å². The predicted octanol–water partition coefficient (Wildman–Crippen LogP) is 2.65. The third kappa shape index (κ3) is 3.01. The van der Waals surface area contributed by atoms with Crippen LogP contribution >= 0.6 is 11.3 Å². The Morgan fingerprint density at radius 2 is 2.13 bits per heavy atom. The molecule has 0 aliphatic heterocycles. The van der Waals surface area contributed by atoms with Crippen molar-refractivity contribution in [2.24, 2.45) is 0 Å². The number of aromatic nitrogens is 1. The highest BCUT2D eigenvalue weighted by atomic mass is 32.1. The van der Waals surface area contributed by atoms with E-state index < -0.39 is 0 Å². The van der Waals surface area contributed by atoms with Gasteiger partial charge in [0.1, 0.15) is 5.01 Å². The van der Waals surface area contributed by atoms with E-state index in [4.69, 9.17) is 10.00 Å². The van der Waals surface area contributed by atoms with Gasteiger partial charge in [-0.05, 0) is 0 Å². The van der Waals surface area contributed by atoms with Crippen LogP contribution in [0.25, 0.3) is 0 Å². The van der Waals surface area contributed by atoms with E-state index in [-0.39, 0.29) is 5.41 Å². The zero-order valence-electron chi connectivity index (χ0n) is 9.63. The molecule has 0 radical (unpaired) electrons. The van der Waals surface area contributed by atoms with Crippen molar-refractivity contribution in [3.05, 3.63) is 15.6 Å². The monoisotopic (exact) mass is 224 g/mol. The topological polar surface area (TPSA) is 45.9 Å². The van der Waals surface area contributed by atoms with Crippen molar-refractivity contribution in [2.75, 3.05) is 7.11 Å². The van der Waals surface area contributed by atoms with Gasteiger partial charge in [0.15, 0.2) is 0 Å². The first kappa shape index (κ1) is 12.2. The van der Waals surface area contributed by atoms with Crippen molar-refractivity contribution >= 4 is 11.3 Å². The largest absolute Gasteiger partial charge is 0.378 e. The quantitative estimate of drug-likeness (QED) is 0.793. The molecule has 4 heteroatoms. The molecule has 0 N–H and O–H groups in total. The highest BCUT2D eigenvalue weighted by molar-refractivity contribution is 7.11. The summed E-state index contributed by atoms with van der Waals surface area (Å²) in [5.74, 6) is 0. The molecule has 0 amide bonds. The van der Waals surface area contributed by atoms with Crippen LogP contribution in [0.5, 0.6) is 0 Å². The fraction of sp³-hybridized carbons (Fsp3) is 0.636. The van der Waals surface area contributed by atoms with Gasteiger partial charge >= 0.3 is 0 Å². The Bertz CT molecular complexity index is 371. The van der Waals surface area contributed by atoms with Crippen molar-refractivity contribution in [1.29, 1.82) is 5.26 Å². The molecule has 0 fully saturated rings. The van der Waals surface area contributed by atoms with Gasteiger partial charge in [-0.25, -0.2) is 4.98 Å². The third-order valence-corrected chi connectivity index (χ3v) is 2.99. The second kappa shape index (κ2) is 4.73. The van der Waals surface area contributed by atoms with Gasteiger partial charge in [0.2, 0.25) is 0 Å². The lowest BCUT2D eigenvalue weighted by Gasteiger charge is -2.16. The minimum atomic E-state index is -0.00528. The summed E-state index contributed by atoms with van der Waals surface area (Å²) >= 11 is 1.58. The Balaban J connectivity index is 3.07. The van der Waals surface area contributed by atoms with E-state index in [1.807, 2.05) is 0 Å².